The summed E-state index contributed by atoms with van der Waals surface area (Å²) < 4.78 is 0. The molecule has 0 saturated heterocycles. The third-order valence-electron chi connectivity index (χ3n) is 3.23. The van der Waals surface area contributed by atoms with Crippen LogP contribution in [0.15, 0.2) is 35.0 Å². The van der Waals surface area contributed by atoms with Crippen LogP contribution >= 0.6 is 22.7 Å². The van der Waals surface area contributed by atoms with Crippen molar-refractivity contribution in [2.75, 3.05) is 0 Å². The van der Waals surface area contributed by atoms with Gasteiger partial charge in [0.05, 0.1) is 6.10 Å². The molecule has 2 nitrogen and oxygen atoms in total. The molecule has 0 spiro atoms. The van der Waals surface area contributed by atoms with Crippen molar-refractivity contribution in [1.29, 1.82) is 0 Å². The highest BCUT2D eigenvalue weighted by molar-refractivity contribution is 7.10. The van der Waals surface area contributed by atoms with Gasteiger partial charge < -0.3 is 10.4 Å². The van der Waals surface area contributed by atoms with Gasteiger partial charge in [-0.15, -0.1) is 22.7 Å². The first-order chi connectivity index (χ1) is 9.20. The van der Waals surface area contributed by atoms with Crippen molar-refractivity contribution >= 4 is 22.7 Å². The third-order valence-corrected chi connectivity index (χ3v) is 5.19. The highest BCUT2D eigenvalue weighted by Gasteiger charge is 2.17. The molecule has 2 rings (SSSR count). The van der Waals surface area contributed by atoms with Crippen LogP contribution in [0.5, 0.6) is 0 Å². The second-order valence-corrected chi connectivity index (χ2v) is 6.77. The smallest absolute Gasteiger partial charge is 0.0896 e. The highest BCUT2D eigenvalue weighted by Crippen LogP contribution is 2.26. The van der Waals surface area contributed by atoms with Crippen LogP contribution in [0, 0.1) is 0 Å². The van der Waals surface area contributed by atoms with Gasteiger partial charge in [0.15, 0.2) is 0 Å². The van der Waals surface area contributed by atoms with E-state index in [4.69, 9.17) is 0 Å². The van der Waals surface area contributed by atoms with Gasteiger partial charge >= 0.3 is 0 Å². The Hall–Kier alpha value is -0.680. The lowest BCUT2D eigenvalue weighted by Crippen LogP contribution is -2.31. The van der Waals surface area contributed by atoms with Gasteiger partial charge in [0.1, 0.15) is 0 Å². The Morgan fingerprint density at radius 3 is 2.32 bits per heavy atom. The van der Waals surface area contributed by atoms with Crippen LogP contribution in [-0.4, -0.2) is 11.1 Å². The molecule has 19 heavy (non-hydrogen) atoms. The largest absolute Gasteiger partial charge is 0.388 e. The van der Waals surface area contributed by atoms with Crippen molar-refractivity contribution in [2.24, 2.45) is 0 Å². The van der Waals surface area contributed by atoms with E-state index in [2.05, 4.69) is 36.7 Å². The molecular weight excluding hydrogens is 274 g/mol. The summed E-state index contributed by atoms with van der Waals surface area (Å²) >= 11 is 3.41. The molecule has 0 aromatic carbocycles. The Balaban J connectivity index is 1.88. The minimum atomic E-state index is -0.358. The molecule has 0 radical (unpaired) electrons. The lowest BCUT2D eigenvalue weighted by molar-refractivity contribution is 0.155. The Kier molecular flexibility index (Phi) is 5.58. The topological polar surface area (TPSA) is 32.3 Å². The highest BCUT2D eigenvalue weighted by atomic mass is 32.1. The van der Waals surface area contributed by atoms with Crippen molar-refractivity contribution in [3.8, 4) is 0 Å². The molecule has 4 heteroatoms. The molecule has 0 saturated carbocycles. The fourth-order valence-electron chi connectivity index (χ4n) is 2.23. The van der Waals surface area contributed by atoms with Gasteiger partial charge in [-0.3, -0.25) is 0 Å². The van der Waals surface area contributed by atoms with E-state index in [0.29, 0.717) is 12.1 Å². The zero-order valence-electron chi connectivity index (χ0n) is 11.4. The van der Waals surface area contributed by atoms with Crippen LogP contribution in [0.1, 0.15) is 48.6 Å². The normalized spacial score (nSPS) is 16.2. The quantitative estimate of drug-likeness (QED) is 0.795. The predicted molar refractivity (Wildman–Crippen MR) is 83.8 cm³/mol. The molecular formula is C15H21NOS2. The van der Waals surface area contributed by atoms with Crippen molar-refractivity contribution in [3.05, 3.63) is 44.8 Å². The number of aliphatic hydroxyl groups excluding tert-OH is 1. The van der Waals surface area contributed by atoms with Crippen LogP contribution in [-0.2, 0) is 0 Å². The summed E-state index contributed by atoms with van der Waals surface area (Å²) in [5.41, 5.74) is 0. The van der Waals surface area contributed by atoms with E-state index >= 15 is 0 Å². The molecule has 2 aromatic rings. The van der Waals surface area contributed by atoms with E-state index in [0.717, 1.165) is 17.7 Å². The van der Waals surface area contributed by atoms with Gasteiger partial charge in [0, 0.05) is 21.8 Å². The van der Waals surface area contributed by atoms with Crippen molar-refractivity contribution in [1.82, 2.24) is 5.32 Å². The molecule has 0 bridgehead atoms. The predicted octanol–water partition coefficient (Wildman–Crippen LogP) is 4.36. The van der Waals surface area contributed by atoms with Crippen molar-refractivity contribution in [2.45, 2.75) is 44.9 Å². The van der Waals surface area contributed by atoms with Gasteiger partial charge in [0.25, 0.3) is 0 Å². The Morgan fingerprint density at radius 1 is 1.16 bits per heavy atom. The van der Waals surface area contributed by atoms with E-state index in [9.17, 15) is 5.11 Å². The molecule has 0 aliphatic rings. The van der Waals surface area contributed by atoms with E-state index in [1.807, 2.05) is 17.5 Å². The van der Waals surface area contributed by atoms with Gasteiger partial charge in [-0.05, 0) is 42.7 Å². The first-order valence-electron chi connectivity index (χ1n) is 6.71. The zero-order chi connectivity index (χ0) is 13.7. The summed E-state index contributed by atoms with van der Waals surface area (Å²) in [7, 11) is 0. The van der Waals surface area contributed by atoms with Gasteiger partial charge in [-0.25, -0.2) is 0 Å². The average molecular weight is 295 g/mol. The lowest BCUT2D eigenvalue weighted by atomic mass is 10.1. The molecule has 3 atom stereocenters. The molecule has 2 heterocycles. The monoisotopic (exact) mass is 295 g/mol. The average Bonchev–Trinajstić information content (AvgIpc) is 3.07. The molecule has 0 aliphatic carbocycles. The summed E-state index contributed by atoms with van der Waals surface area (Å²) in [6, 6.07) is 8.94. The zero-order valence-corrected chi connectivity index (χ0v) is 13.0. The summed E-state index contributed by atoms with van der Waals surface area (Å²) in [5.74, 6) is 0. The van der Waals surface area contributed by atoms with Crippen LogP contribution in [0.25, 0.3) is 0 Å². The van der Waals surface area contributed by atoms with Gasteiger partial charge in [0.2, 0.25) is 0 Å². The summed E-state index contributed by atoms with van der Waals surface area (Å²) in [6.07, 6.45) is 1.46. The van der Waals surface area contributed by atoms with Crippen molar-refractivity contribution < 1.29 is 5.11 Å². The molecule has 3 unspecified atom stereocenters. The first kappa shape index (κ1) is 14.7. The van der Waals surface area contributed by atoms with Gasteiger partial charge in [-0.2, -0.15) is 0 Å². The molecule has 0 fully saturated rings. The van der Waals surface area contributed by atoms with E-state index in [-0.39, 0.29) is 6.10 Å². The minimum absolute atomic E-state index is 0.296. The van der Waals surface area contributed by atoms with E-state index in [1.165, 1.54) is 4.88 Å². The lowest BCUT2D eigenvalue weighted by Gasteiger charge is -2.23. The number of thiophene rings is 2. The second-order valence-electron chi connectivity index (χ2n) is 4.81. The molecule has 2 N–H and O–H groups in total. The number of aliphatic hydroxyl groups is 1. The number of hydrogen-bond donors (Lipinski definition) is 2. The summed E-state index contributed by atoms with van der Waals surface area (Å²) in [6.45, 7) is 4.34. The minimum Gasteiger partial charge on any atom is -0.388 e. The van der Waals surface area contributed by atoms with Crippen molar-refractivity contribution in [3.63, 3.8) is 0 Å². The molecule has 0 amide bonds. The molecule has 0 aliphatic heterocycles. The Morgan fingerprint density at radius 2 is 1.79 bits per heavy atom. The van der Waals surface area contributed by atoms with Crippen LogP contribution in [0.3, 0.4) is 0 Å². The van der Waals surface area contributed by atoms with E-state index < -0.39 is 0 Å². The third kappa shape index (κ3) is 4.14. The molecule has 2 aromatic heterocycles. The number of rotatable bonds is 7. The first-order valence-corrected chi connectivity index (χ1v) is 8.47. The molecule has 104 valence electrons. The maximum absolute atomic E-state index is 10.2. The summed E-state index contributed by atoms with van der Waals surface area (Å²) in [5, 5.41) is 17.9. The maximum atomic E-state index is 10.2. The number of nitrogens with one attached hydrogen (secondary N) is 1. The SMILES string of the molecule is CCC(NC(C)CC(O)c1cccs1)c1cccs1. The fraction of sp³-hybridized carbons (Fsp3) is 0.467. The Labute approximate surface area is 123 Å². The standard InChI is InChI=1S/C15H21NOS2/c1-3-12(14-6-4-8-18-14)16-11(2)10-13(17)15-7-5-9-19-15/h4-9,11-13,16-17H,3,10H2,1-2H3. The van der Waals surface area contributed by atoms with Gasteiger partial charge in [-0.1, -0.05) is 19.1 Å². The van der Waals surface area contributed by atoms with Crippen LogP contribution < -0.4 is 5.32 Å². The Bertz CT molecular complexity index is 452. The number of hydrogen-bond acceptors (Lipinski definition) is 4. The summed E-state index contributed by atoms with van der Waals surface area (Å²) in [4.78, 5) is 2.43. The van der Waals surface area contributed by atoms with Crippen LogP contribution in [0.2, 0.25) is 0 Å². The fourth-order valence-corrected chi connectivity index (χ4v) is 3.83. The van der Waals surface area contributed by atoms with E-state index in [1.54, 1.807) is 22.7 Å². The second kappa shape index (κ2) is 7.20. The van der Waals surface area contributed by atoms with Crippen LogP contribution in [0.4, 0.5) is 0 Å². The maximum Gasteiger partial charge on any atom is 0.0896 e.